The predicted molar refractivity (Wildman–Crippen MR) is 27.7 cm³/mol. The maximum atomic E-state index is 8.27. The van der Waals surface area contributed by atoms with E-state index in [1.807, 2.05) is 0 Å². The highest BCUT2D eigenvalue weighted by atomic mass is 16.7. The summed E-state index contributed by atoms with van der Waals surface area (Å²) in [6.45, 7) is 1.64. The number of hydrogen-bond donors (Lipinski definition) is 4. The Bertz CT molecular complexity index is 68.2. The van der Waals surface area contributed by atoms with Crippen molar-refractivity contribution in [2.75, 3.05) is 0 Å². The van der Waals surface area contributed by atoms with Crippen LogP contribution in [0.2, 0.25) is 0 Å². The lowest BCUT2D eigenvalue weighted by Gasteiger charge is -2.19. The third kappa shape index (κ3) is 2.23. The van der Waals surface area contributed by atoms with E-state index in [0.29, 0.717) is 6.42 Å². The Morgan fingerprint density at radius 1 is 1.50 bits per heavy atom. The Balaban J connectivity index is 3.62. The fraction of sp³-hybridized carbons (Fsp3) is 1.00. The highest BCUT2D eigenvalue weighted by Crippen LogP contribution is 2.00. The van der Waals surface area contributed by atoms with Crippen LogP contribution < -0.4 is 5.73 Å². The van der Waals surface area contributed by atoms with Crippen LogP contribution in [0, 0.1) is 0 Å². The van der Waals surface area contributed by atoms with Gasteiger partial charge in [0, 0.05) is 0 Å². The summed E-state index contributed by atoms with van der Waals surface area (Å²) in [5, 5.41) is 24.8. The van der Waals surface area contributed by atoms with Gasteiger partial charge in [-0.1, -0.05) is 6.92 Å². The zero-order valence-electron chi connectivity index (χ0n) is 4.70. The summed E-state index contributed by atoms with van der Waals surface area (Å²) in [6, 6.07) is -0.984. The lowest BCUT2D eigenvalue weighted by atomic mass is 10.2. The van der Waals surface area contributed by atoms with E-state index in [4.69, 9.17) is 21.1 Å². The first-order valence-electron chi connectivity index (χ1n) is 2.41. The van der Waals surface area contributed by atoms with E-state index in [-0.39, 0.29) is 0 Å². The summed E-state index contributed by atoms with van der Waals surface area (Å²) in [7, 11) is 0. The van der Waals surface area contributed by atoms with E-state index in [1.54, 1.807) is 6.92 Å². The van der Waals surface area contributed by atoms with E-state index in [9.17, 15) is 0 Å². The van der Waals surface area contributed by atoms with Gasteiger partial charge >= 0.3 is 0 Å². The monoisotopic (exact) mass is 121 g/mol. The zero-order valence-corrected chi connectivity index (χ0v) is 4.70. The Labute approximate surface area is 47.6 Å². The molecule has 0 saturated carbocycles. The fourth-order valence-electron chi connectivity index (χ4n) is 0.274. The molecule has 0 amide bonds. The van der Waals surface area contributed by atoms with Crippen LogP contribution in [0.1, 0.15) is 13.3 Å². The third-order valence-corrected chi connectivity index (χ3v) is 0.937. The molecule has 0 radical (unpaired) electrons. The molecule has 50 valence electrons. The van der Waals surface area contributed by atoms with Gasteiger partial charge in [0.05, 0.1) is 6.04 Å². The summed E-state index contributed by atoms with van der Waals surface area (Å²) in [5.41, 5.74) is 5.00. The normalized spacial score (nSPS) is 16.1. The van der Waals surface area contributed by atoms with Crippen LogP contribution in [0.4, 0.5) is 0 Å². The van der Waals surface area contributed by atoms with Crippen molar-refractivity contribution in [3.63, 3.8) is 0 Å². The molecule has 0 saturated heterocycles. The molecule has 0 rings (SSSR count). The maximum absolute atomic E-state index is 8.27. The average Bonchev–Trinajstić information content (AvgIpc) is 1.62. The van der Waals surface area contributed by atoms with Crippen LogP contribution in [-0.4, -0.2) is 27.3 Å². The SMILES string of the molecule is CCC(N)C(O)(O)O. The molecule has 0 aliphatic carbocycles. The summed E-state index contributed by atoms with van der Waals surface area (Å²) in [4.78, 5) is 0. The Morgan fingerprint density at radius 3 is 1.88 bits per heavy atom. The molecule has 4 nitrogen and oxygen atoms in total. The molecular formula is C4H11NO3. The summed E-state index contributed by atoms with van der Waals surface area (Å²) in [6.07, 6.45) is 0.323. The van der Waals surface area contributed by atoms with E-state index in [1.165, 1.54) is 0 Å². The van der Waals surface area contributed by atoms with E-state index in [0.717, 1.165) is 0 Å². The van der Waals surface area contributed by atoms with Gasteiger partial charge in [-0.3, -0.25) is 0 Å². The number of nitrogens with two attached hydrogens (primary N) is 1. The first kappa shape index (κ1) is 7.84. The Morgan fingerprint density at radius 2 is 1.88 bits per heavy atom. The second-order valence-electron chi connectivity index (χ2n) is 1.70. The topological polar surface area (TPSA) is 86.7 Å². The van der Waals surface area contributed by atoms with Gasteiger partial charge in [-0.2, -0.15) is 0 Å². The minimum absolute atomic E-state index is 0.323. The molecule has 1 unspecified atom stereocenters. The third-order valence-electron chi connectivity index (χ3n) is 0.937. The highest BCUT2D eigenvalue weighted by molar-refractivity contribution is 4.64. The van der Waals surface area contributed by atoms with Crippen LogP contribution in [0.3, 0.4) is 0 Å². The van der Waals surface area contributed by atoms with Gasteiger partial charge in [0.15, 0.2) is 0 Å². The van der Waals surface area contributed by atoms with Crippen molar-refractivity contribution in [3.8, 4) is 0 Å². The van der Waals surface area contributed by atoms with E-state index in [2.05, 4.69) is 0 Å². The summed E-state index contributed by atoms with van der Waals surface area (Å²) < 4.78 is 0. The second-order valence-corrected chi connectivity index (χ2v) is 1.70. The maximum Gasteiger partial charge on any atom is 0.291 e. The van der Waals surface area contributed by atoms with Gasteiger partial charge in [-0.05, 0) is 6.42 Å². The first-order chi connectivity index (χ1) is 3.48. The Hall–Kier alpha value is -0.160. The minimum Gasteiger partial charge on any atom is -0.342 e. The van der Waals surface area contributed by atoms with Crippen LogP contribution >= 0.6 is 0 Å². The standard InChI is InChI=1S/C4H11NO3/c1-2-3(5)4(6,7)8/h3,6-8H,2,5H2,1H3. The first-order valence-corrected chi connectivity index (χ1v) is 2.41. The molecule has 0 aromatic heterocycles. The highest BCUT2D eigenvalue weighted by Gasteiger charge is 2.26. The average molecular weight is 121 g/mol. The summed E-state index contributed by atoms with van der Waals surface area (Å²) in [5.74, 6) is -2.71. The van der Waals surface area contributed by atoms with Gasteiger partial charge in [-0.25, -0.2) is 0 Å². The van der Waals surface area contributed by atoms with Gasteiger partial charge in [-0.15, -0.1) is 0 Å². The minimum atomic E-state index is -2.71. The summed E-state index contributed by atoms with van der Waals surface area (Å²) >= 11 is 0. The molecule has 0 aliphatic rings. The number of aliphatic hydroxyl groups is 3. The molecule has 0 aromatic rings. The smallest absolute Gasteiger partial charge is 0.291 e. The molecule has 1 atom stereocenters. The van der Waals surface area contributed by atoms with E-state index < -0.39 is 12.0 Å². The van der Waals surface area contributed by atoms with Crippen molar-refractivity contribution in [2.24, 2.45) is 5.73 Å². The Kier molecular flexibility index (Phi) is 2.36. The van der Waals surface area contributed by atoms with Crippen molar-refractivity contribution in [2.45, 2.75) is 25.4 Å². The van der Waals surface area contributed by atoms with Crippen molar-refractivity contribution in [1.29, 1.82) is 0 Å². The second kappa shape index (κ2) is 2.41. The molecular weight excluding hydrogens is 110 g/mol. The van der Waals surface area contributed by atoms with Crippen molar-refractivity contribution in [3.05, 3.63) is 0 Å². The molecule has 4 heteroatoms. The lowest BCUT2D eigenvalue weighted by molar-refractivity contribution is -0.322. The van der Waals surface area contributed by atoms with Crippen LogP contribution in [0.15, 0.2) is 0 Å². The lowest BCUT2D eigenvalue weighted by Crippen LogP contribution is -2.47. The van der Waals surface area contributed by atoms with Crippen molar-refractivity contribution in [1.82, 2.24) is 0 Å². The van der Waals surface area contributed by atoms with Crippen molar-refractivity contribution < 1.29 is 15.3 Å². The number of rotatable bonds is 2. The van der Waals surface area contributed by atoms with Gasteiger partial charge in [0.25, 0.3) is 5.97 Å². The molecule has 5 N–H and O–H groups in total. The number of hydrogen-bond acceptors (Lipinski definition) is 4. The zero-order chi connectivity index (χ0) is 6.78. The van der Waals surface area contributed by atoms with Gasteiger partial charge in [0.1, 0.15) is 0 Å². The molecule has 0 bridgehead atoms. The molecule has 0 aromatic carbocycles. The predicted octanol–water partition coefficient (Wildman–Crippen LogP) is -1.65. The molecule has 8 heavy (non-hydrogen) atoms. The fourth-order valence-corrected chi connectivity index (χ4v) is 0.274. The molecule has 0 heterocycles. The quantitative estimate of drug-likeness (QED) is 0.330. The van der Waals surface area contributed by atoms with E-state index >= 15 is 0 Å². The molecule has 0 fully saturated rings. The van der Waals surface area contributed by atoms with Gasteiger partial charge in [0.2, 0.25) is 0 Å². The largest absolute Gasteiger partial charge is 0.342 e. The molecule has 0 spiro atoms. The van der Waals surface area contributed by atoms with Crippen molar-refractivity contribution >= 4 is 0 Å². The van der Waals surface area contributed by atoms with Crippen LogP contribution in [-0.2, 0) is 0 Å². The van der Waals surface area contributed by atoms with Crippen LogP contribution in [0.5, 0.6) is 0 Å². The molecule has 0 aliphatic heterocycles. The van der Waals surface area contributed by atoms with Gasteiger partial charge < -0.3 is 21.1 Å². The van der Waals surface area contributed by atoms with Crippen LogP contribution in [0.25, 0.3) is 0 Å².